The van der Waals surface area contributed by atoms with Crippen LogP contribution >= 0.6 is 11.3 Å². The van der Waals surface area contributed by atoms with Crippen molar-refractivity contribution in [1.29, 1.82) is 0 Å². The number of benzene rings is 1. The summed E-state index contributed by atoms with van der Waals surface area (Å²) in [6.45, 7) is 2.94. The summed E-state index contributed by atoms with van der Waals surface area (Å²) < 4.78 is 0. The number of nitrogens with one attached hydrogen (secondary N) is 1. The Labute approximate surface area is 116 Å². The normalized spacial score (nSPS) is 10.8. The molecule has 2 aromatic heterocycles. The topological polar surface area (TPSA) is 37.8 Å². The molecule has 3 rings (SSSR count). The molecule has 0 aliphatic heterocycles. The number of hydrogen-bond acceptors (Lipinski definition) is 4. The molecule has 3 nitrogen and oxygen atoms in total. The molecule has 0 saturated carbocycles. The van der Waals surface area contributed by atoms with Gasteiger partial charge in [0.1, 0.15) is 5.82 Å². The van der Waals surface area contributed by atoms with E-state index in [2.05, 4.69) is 34.3 Å². The Morgan fingerprint density at radius 2 is 2.05 bits per heavy atom. The lowest BCUT2D eigenvalue weighted by Gasteiger charge is -2.08. The average Bonchev–Trinajstić information content (AvgIpc) is 2.85. The molecule has 0 radical (unpaired) electrons. The largest absolute Gasteiger partial charge is 0.369 e. The van der Waals surface area contributed by atoms with Crippen molar-refractivity contribution < 1.29 is 0 Å². The van der Waals surface area contributed by atoms with Crippen molar-refractivity contribution in [2.75, 3.05) is 11.9 Å². The number of nitrogens with zero attached hydrogens (tertiary/aromatic N) is 2. The van der Waals surface area contributed by atoms with E-state index in [0.717, 1.165) is 24.5 Å². The minimum Gasteiger partial charge on any atom is -0.369 e. The van der Waals surface area contributed by atoms with Crippen LogP contribution in [0.3, 0.4) is 0 Å². The van der Waals surface area contributed by atoms with Crippen molar-refractivity contribution in [2.45, 2.75) is 13.3 Å². The van der Waals surface area contributed by atoms with Gasteiger partial charge in [0.15, 0.2) is 0 Å². The molecule has 0 atom stereocenters. The SMILES string of the molecule is Cc1ncsc1CCNc1nccc2ccccc12. The van der Waals surface area contributed by atoms with Crippen LogP contribution in [0.25, 0.3) is 10.8 Å². The van der Waals surface area contributed by atoms with E-state index >= 15 is 0 Å². The van der Waals surface area contributed by atoms with Gasteiger partial charge in [0.05, 0.1) is 11.2 Å². The van der Waals surface area contributed by atoms with Crippen LogP contribution in [-0.2, 0) is 6.42 Å². The minimum absolute atomic E-state index is 0.879. The van der Waals surface area contributed by atoms with Gasteiger partial charge in [0.25, 0.3) is 0 Å². The smallest absolute Gasteiger partial charge is 0.133 e. The van der Waals surface area contributed by atoms with Crippen LogP contribution in [0, 0.1) is 6.92 Å². The molecule has 96 valence electrons. The Balaban J connectivity index is 1.74. The minimum atomic E-state index is 0.879. The highest BCUT2D eigenvalue weighted by atomic mass is 32.1. The van der Waals surface area contributed by atoms with E-state index in [9.17, 15) is 0 Å². The second kappa shape index (κ2) is 5.36. The van der Waals surface area contributed by atoms with Gasteiger partial charge in [-0.2, -0.15) is 0 Å². The molecule has 1 N–H and O–H groups in total. The summed E-state index contributed by atoms with van der Waals surface area (Å²) in [5.41, 5.74) is 3.04. The summed E-state index contributed by atoms with van der Waals surface area (Å²) in [4.78, 5) is 10.0. The fourth-order valence-corrected chi connectivity index (χ4v) is 2.90. The Morgan fingerprint density at radius 1 is 1.16 bits per heavy atom. The molecule has 4 heteroatoms. The fraction of sp³-hybridized carbons (Fsp3) is 0.200. The van der Waals surface area contributed by atoms with Crippen molar-refractivity contribution in [3.05, 3.63) is 52.6 Å². The van der Waals surface area contributed by atoms with E-state index in [1.54, 1.807) is 11.3 Å². The molecule has 0 saturated heterocycles. The summed E-state index contributed by atoms with van der Waals surface area (Å²) in [6.07, 6.45) is 2.84. The van der Waals surface area contributed by atoms with Gasteiger partial charge in [-0.25, -0.2) is 9.97 Å². The number of aryl methyl sites for hydroxylation is 1. The molecule has 0 aliphatic rings. The third kappa shape index (κ3) is 2.58. The first kappa shape index (κ1) is 12.1. The van der Waals surface area contributed by atoms with E-state index in [1.807, 2.05) is 29.9 Å². The van der Waals surface area contributed by atoms with E-state index in [0.29, 0.717) is 0 Å². The maximum atomic E-state index is 4.42. The first-order chi connectivity index (χ1) is 9.34. The summed E-state index contributed by atoms with van der Waals surface area (Å²) in [7, 11) is 0. The van der Waals surface area contributed by atoms with E-state index < -0.39 is 0 Å². The molecule has 1 aromatic carbocycles. The Kier molecular flexibility index (Phi) is 3.42. The molecule has 0 amide bonds. The maximum absolute atomic E-state index is 4.42. The van der Waals surface area contributed by atoms with Crippen LogP contribution < -0.4 is 5.32 Å². The third-order valence-corrected chi connectivity index (χ3v) is 4.16. The predicted molar refractivity (Wildman–Crippen MR) is 80.8 cm³/mol. The lowest BCUT2D eigenvalue weighted by molar-refractivity contribution is 1.01. The number of fused-ring (bicyclic) bond motifs is 1. The summed E-state index contributed by atoms with van der Waals surface area (Å²) >= 11 is 1.72. The maximum Gasteiger partial charge on any atom is 0.133 e. The second-order valence-corrected chi connectivity index (χ2v) is 5.36. The van der Waals surface area contributed by atoms with Crippen LogP contribution in [-0.4, -0.2) is 16.5 Å². The van der Waals surface area contributed by atoms with Gasteiger partial charge in [0, 0.05) is 29.4 Å². The van der Waals surface area contributed by atoms with E-state index in [4.69, 9.17) is 0 Å². The van der Waals surface area contributed by atoms with Crippen LogP contribution in [0.5, 0.6) is 0 Å². The molecule has 0 aliphatic carbocycles. The number of pyridine rings is 1. The molecule has 0 spiro atoms. The van der Waals surface area contributed by atoms with Crippen LogP contribution in [0.4, 0.5) is 5.82 Å². The fourth-order valence-electron chi connectivity index (χ4n) is 2.12. The number of aromatic nitrogens is 2. The summed E-state index contributed by atoms with van der Waals surface area (Å²) in [6, 6.07) is 10.3. The number of hydrogen-bond donors (Lipinski definition) is 1. The Hall–Kier alpha value is -1.94. The van der Waals surface area contributed by atoms with Crippen molar-refractivity contribution in [3.8, 4) is 0 Å². The zero-order valence-corrected chi connectivity index (χ0v) is 11.6. The lowest BCUT2D eigenvalue weighted by Crippen LogP contribution is -2.06. The predicted octanol–water partition coefficient (Wildman–Crippen LogP) is 3.65. The van der Waals surface area contributed by atoms with Gasteiger partial charge >= 0.3 is 0 Å². The van der Waals surface area contributed by atoms with Gasteiger partial charge < -0.3 is 5.32 Å². The monoisotopic (exact) mass is 269 g/mol. The Morgan fingerprint density at radius 3 is 2.89 bits per heavy atom. The molecule has 0 unspecified atom stereocenters. The quantitative estimate of drug-likeness (QED) is 0.785. The zero-order valence-electron chi connectivity index (χ0n) is 10.8. The van der Waals surface area contributed by atoms with Gasteiger partial charge in [-0.15, -0.1) is 11.3 Å². The average molecular weight is 269 g/mol. The van der Waals surface area contributed by atoms with Crippen molar-refractivity contribution >= 4 is 27.9 Å². The first-order valence-electron chi connectivity index (χ1n) is 6.31. The number of anilines is 1. The zero-order chi connectivity index (χ0) is 13.1. The van der Waals surface area contributed by atoms with Crippen molar-refractivity contribution in [1.82, 2.24) is 9.97 Å². The molecule has 2 heterocycles. The third-order valence-electron chi connectivity index (χ3n) is 3.16. The van der Waals surface area contributed by atoms with Crippen LogP contribution in [0.1, 0.15) is 10.6 Å². The summed E-state index contributed by atoms with van der Waals surface area (Å²) in [5.74, 6) is 0.959. The summed E-state index contributed by atoms with van der Waals surface area (Å²) in [5, 5.41) is 5.81. The molecule has 19 heavy (non-hydrogen) atoms. The molecule has 0 fully saturated rings. The highest BCUT2D eigenvalue weighted by molar-refractivity contribution is 7.09. The number of thiazole rings is 1. The van der Waals surface area contributed by atoms with Gasteiger partial charge in [-0.05, 0) is 18.4 Å². The molecular formula is C15H15N3S. The molecule has 3 aromatic rings. The van der Waals surface area contributed by atoms with Crippen molar-refractivity contribution in [3.63, 3.8) is 0 Å². The van der Waals surface area contributed by atoms with Crippen LogP contribution in [0.2, 0.25) is 0 Å². The van der Waals surface area contributed by atoms with Gasteiger partial charge in [0.2, 0.25) is 0 Å². The molecule has 0 bridgehead atoms. The molecular weight excluding hydrogens is 254 g/mol. The van der Waals surface area contributed by atoms with Crippen LogP contribution in [0.15, 0.2) is 42.0 Å². The first-order valence-corrected chi connectivity index (χ1v) is 7.19. The van der Waals surface area contributed by atoms with Crippen molar-refractivity contribution in [2.24, 2.45) is 0 Å². The number of rotatable bonds is 4. The lowest BCUT2D eigenvalue weighted by atomic mass is 10.1. The standard InChI is InChI=1S/C15H15N3S/c1-11-14(19-10-18-11)7-9-17-15-13-5-3-2-4-12(13)6-8-16-15/h2-6,8,10H,7,9H2,1H3,(H,16,17). The second-order valence-electron chi connectivity index (χ2n) is 4.42. The highest BCUT2D eigenvalue weighted by Gasteiger charge is 2.03. The highest BCUT2D eigenvalue weighted by Crippen LogP contribution is 2.20. The van der Waals surface area contributed by atoms with E-state index in [1.165, 1.54) is 15.6 Å². The van der Waals surface area contributed by atoms with Gasteiger partial charge in [-0.1, -0.05) is 24.3 Å². The van der Waals surface area contributed by atoms with Gasteiger partial charge in [-0.3, -0.25) is 0 Å². The van der Waals surface area contributed by atoms with E-state index in [-0.39, 0.29) is 0 Å². The Bertz CT molecular complexity index is 685.